The SMILES string of the molecule is CN[C@@H](C)CN(CC(=O)N[C@@H](CC(C)C)CN(CC(=O)N[C@@H](CC(C)C)CN(CC(N)=O)S(=O)(=O)Cc1ccccc1)S(=O)(=O)CC(C)C)S(C)(=O)=O. The van der Waals surface area contributed by atoms with Gasteiger partial charge in [0.2, 0.25) is 47.8 Å². The zero-order chi connectivity index (χ0) is 40.7. The van der Waals surface area contributed by atoms with Gasteiger partial charge in [0.15, 0.2) is 0 Å². The third-order valence-corrected chi connectivity index (χ3v) is 13.2. The number of hydrogen-bond donors (Lipinski definition) is 4. The minimum atomic E-state index is -4.07. The van der Waals surface area contributed by atoms with E-state index in [0.29, 0.717) is 18.4 Å². The van der Waals surface area contributed by atoms with Gasteiger partial charge in [-0.1, -0.05) is 71.9 Å². The molecule has 1 aromatic rings. The van der Waals surface area contributed by atoms with Crippen LogP contribution in [0.25, 0.3) is 0 Å². The number of nitrogens with two attached hydrogens (primary N) is 1. The Morgan fingerprint density at radius 2 is 1.11 bits per heavy atom. The molecule has 5 N–H and O–H groups in total. The van der Waals surface area contributed by atoms with E-state index >= 15 is 0 Å². The topological polar surface area (TPSA) is 225 Å². The monoisotopic (exact) mass is 809 g/mol. The molecule has 3 atom stereocenters. The number of sulfonamides is 3. The zero-order valence-electron chi connectivity index (χ0n) is 32.7. The minimum Gasteiger partial charge on any atom is -0.369 e. The summed E-state index contributed by atoms with van der Waals surface area (Å²) in [6.07, 6.45) is 1.63. The van der Waals surface area contributed by atoms with Gasteiger partial charge in [-0.15, -0.1) is 0 Å². The Hall–Kier alpha value is -2.68. The molecule has 0 unspecified atom stereocenters. The van der Waals surface area contributed by atoms with Crippen molar-refractivity contribution >= 4 is 47.8 Å². The van der Waals surface area contributed by atoms with Crippen molar-refractivity contribution in [1.29, 1.82) is 0 Å². The molecule has 0 radical (unpaired) electrons. The smallest absolute Gasteiger partial charge is 0.235 e. The summed E-state index contributed by atoms with van der Waals surface area (Å²) in [4.78, 5) is 38.9. The molecule has 0 aliphatic heterocycles. The molecular formula is C34H63N7O9S3. The minimum absolute atomic E-state index is 0.0106. The summed E-state index contributed by atoms with van der Waals surface area (Å²) in [5.74, 6) is -3.23. The van der Waals surface area contributed by atoms with Crippen molar-refractivity contribution in [2.75, 3.05) is 58.3 Å². The largest absolute Gasteiger partial charge is 0.369 e. The van der Waals surface area contributed by atoms with Crippen molar-refractivity contribution < 1.29 is 39.6 Å². The van der Waals surface area contributed by atoms with E-state index in [2.05, 4.69) is 16.0 Å². The Morgan fingerprint density at radius 3 is 1.51 bits per heavy atom. The highest BCUT2D eigenvalue weighted by Gasteiger charge is 2.33. The number of carbonyl (C=O) groups excluding carboxylic acids is 3. The van der Waals surface area contributed by atoms with E-state index in [9.17, 15) is 39.6 Å². The van der Waals surface area contributed by atoms with Crippen LogP contribution in [0.1, 0.15) is 66.9 Å². The highest BCUT2D eigenvalue weighted by molar-refractivity contribution is 7.89. The van der Waals surface area contributed by atoms with Crippen molar-refractivity contribution in [1.82, 2.24) is 28.9 Å². The Morgan fingerprint density at radius 1 is 0.660 bits per heavy atom. The molecule has 306 valence electrons. The third kappa shape index (κ3) is 19.5. The quantitative estimate of drug-likeness (QED) is 0.102. The van der Waals surface area contributed by atoms with E-state index in [0.717, 1.165) is 19.2 Å². The van der Waals surface area contributed by atoms with Crippen LogP contribution in [0.5, 0.6) is 0 Å². The van der Waals surface area contributed by atoms with Gasteiger partial charge < -0.3 is 21.7 Å². The Bertz CT molecular complexity index is 1640. The highest BCUT2D eigenvalue weighted by atomic mass is 32.2. The maximum absolute atomic E-state index is 13.7. The van der Waals surface area contributed by atoms with Crippen LogP contribution in [0.2, 0.25) is 0 Å². The fraction of sp³-hybridized carbons (Fsp3) is 0.735. The number of amides is 3. The molecule has 1 aromatic carbocycles. The maximum atomic E-state index is 13.7. The third-order valence-electron chi connectivity index (χ3n) is 8.02. The van der Waals surface area contributed by atoms with Crippen LogP contribution >= 0.6 is 0 Å². The van der Waals surface area contributed by atoms with Gasteiger partial charge in [0.25, 0.3) is 0 Å². The zero-order valence-corrected chi connectivity index (χ0v) is 35.2. The van der Waals surface area contributed by atoms with E-state index in [-0.39, 0.29) is 49.2 Å². The average Bonchev–Trinajstić information content (AvgIpc) is 2.98. The van der Waals surface area contributed by atoms with Gasteiger partial charge in [0.05, 0.1) is 37.4 Å². The second kappa shape index (κ2) is 22.0. The molecule has 0 heterocycles. The molecule has 0 bridgehead atoms. The van der Waals surface area contributed by atoms with Gasteiger partial charge in [-0.05, 0) is 50.1 Å². The van der Waals surface area contributed by atoms with Crippen molar-refractivity contribution in [2.45, 2.75) is 85.2 Å². The van der Waals surface area contributed by atoms with Crippen LogP contribution in [0.4, 0.5) is 0 Å². The molecule has 0 saturated heterocycles. The number of hydrogen-bond acceptors (Lipinski definition) is 10. The predicted molar refractivity (Wildman–Crippen MR) is 208 cm³/mol. The Kier molecular flexibility index (Phi) is 20.1. The highest BCUT2D eigenvalue weighted by Crippen LogP contribution is 2.16. The predicted octanol–water partition coefficient (Wildman–Crippen LogP) is 0.523. The molecule has 0 saturated carbocycles. The van der Waals surface area contributed by atoms with Crippen LogP contribution in [0, 0.1) is 17.8 Å². The van der Waals surface area contributed by atoms with Crippen molar-refractivity contribution in [3.05, 3.63) is 35.9 Å². The number of rotatable bonds is 26. The van der Waals surface area contributed by atoms with Crippen molar-refractivity contribution in [3.63, 3.8) is 0 Å². The second-order valence-electron chi connectivity index (χ2n) is 15.0. The fourth-order valence-corrected chi connectivity index (χ4v) is 9.85. The molecule has 0 aliphatic carbocycles. The van der Waals surface area contributed by atoms with E-state index < -0.39 is 85.3 Å². The lowest BCUT2D eigenvalue weighted by atomic mass is 10.0. The van der Waals surface area contributed by atoms with Crippen LogP contribution < -0.4 is 21.7 Å². The van der Waals surface area contributed by atoms with E-state index in [1.54, 1.807) is 58.2 Å². The fourth-order valence-electron chi connectivity index (χ4n) is 5.70. The van der Waals surface area contributed by atoms with Gasteiger partial charge in [-0.3, -0.25) is 14.4 Å². The second-order valence-corrected chi connectivity index (χ2v) is 21.0. The lowest BCUT2D eigenvalue weighted by Gasteiger charge is -2.31. The molecule has 1 rings (SSSR count). The lowest BCUT2D eigenvalue weighted by Crippen LogP contribution is -2.54. The molecule has 16 nitrogen and oxygen atoms in total. The molecule has 0 aromatic heterocycles. The Balaban J connectivity index is 3.39. The summed E-state index contributed by atoms with van der Waals surface area (Å²) in [6, 6.07) is 6.58. The molecule has 0 fully saturated rings. The molecule has 19 heteroatoms. The summed E-state index contributed by atoms with van der Waals surface area (Å²) >= 11 is 0. The van der Waals surface area contributed by atoms with Crippen molar-refractivity contribution in [3.8, 4) is 0 Å². The normalized spacial score (nSPS) is 14.6. The molecule has 0 aliphatic rings. The summed E-state index contributed by atoms with van der Waals surface area (Å²) in [5.41, 5.74) is 5.93. The first-order chi connectivity index (χ1) is 24.3. The molecule has 0 spiro atoms. The van der Waals surface area contributed by atoms with Gasteiger partial charge in [0.1, 0.15) is 0 Å². The summed E-state index contributed by atoms with van der Waals surface area (Å²) in [5, 5.41) is 8.53. The standard InChI is InChI=1S/C34H63N7O9S3/c1-25(2)15-30(18-40(20-32(35)42)53(49,50)24-29-13-11-10-12-14-29)38-34(44)22-41(52(47,48)23-27(5)6)19-31(16-26(3)4)37-33(43)21-39(51(9,45)46)17-28(7)36-8/h10-14,25-28,30-31,36H,15-24H2,1-9H3,(H2,35,42)(H,37,43)(H,38,44)/t28-,30-,31-/m0/s1. The van der Waals surface area contributed by atoms with Crippen LogP contribution in [-0.2, 0) is 50.2 Å². The van der Waals surface area contributed by atoms with E-state index in [1.807, 2.05) is 27.7 Å². The van der Waals surface area contributed by atoms with E-state index in [1.165, 1.54) is 0 Å². The van der Waals surface area contributed by atoms with Gasteiger partial charge in [-0.25, -0.2) is 25.3 Å². The van der Waals surface area contributed by atoms with E-state index in [4.69, 9.17) is 5.73 Å². The average molecular weight is 810 g/mol. The number of benzene rings is 1. The van der Waals surface area contributed by atoms with Gasteiger partial charge in [0, 0.05) is 37.8 Å². The van der Waals surface area contributed by atoms with Crippen molar-refractivity contribution in [2.24, 2.45) is 23.5 Å². The first-order valence-electron chi connectivity index (χ1n) is 17.8. The first kappa shape index (κ1) is 48.3. The molecule has 3 amide bonds. The number of likely N-dealkylation sites (N-methyl/N-ethyl adjacent to an activating group) is 1. The van der Waals surface area contributed by atoms with Gasteiger partial charge in [-0.2, -0.15) is 12.9 Å². The van der Waals surface area contributed by atoms with Crippen LogP contribution in [0.3, 0.4) is 0 Å². The summed E-state index contributed by atoms with van der Waals surface area (Å²) < 4.78 is 82.3. The maximum Gasteiger partial charge on any atom is 0.235 e. The summed E-state index contributed by atoms with van der Waals surface area (Å²) in [6.45, 7) is 10.5. The number of nitrogens with one attached hydrogen (secondary N) is 3. The van der Waals surface area contributed by atoms with Crippen LogP contribution in [0.15, 0.2) is 30.3 Å². The lowest BCUT2D eigenvalue weighted by molar-refractivity contribution is -0.122. The van der Waals surface area contributed by atoms with Crippen LogP contribution in [-0.4, -0.2) is 132 Å². The molecular weight excluding hydrogens is 747 g/mol. The molecule has 53 heavy (non-hydrogen) atoms. The first-order valence-corrected chi connectivity index (χ1v) is 22.9. The number of primary amides is 1. The number of nitrogens with zero attached hydrogens (tertiary/aromatic N) is 3. The number of carbonyl (C=O) groups is 3. The van der Waals surface area contributed by atoms with Gasteiger partial charge >= 0.3 is 0 Å². The summed E-state index contributed by atoms with van der Waals surface area (Å²) in [7, 11) is -10.2. The Labute approximate surface area is 318 Å².